The van der Waals surface area contributed by atoms with Gasteiger partial charge in [0.05, 0.1) is 15.1 Å². The summed E-state index contributed by atoms with van der Waals surface area (Å²) >= 11 is 1.39. The largest absolute Gasteiger partial charge is 0.298 e. The van der Waals surface area contributed by atoms with Crippen molar-refractivity contribution in [3.63, 3.8) is 0 Å². The number of thiazole rings is 1. The van der Waals surface area contributed by atoms with Gasteiger partial charge in [0, 0.05) is 18.7 Å². The number of sulfonamides is 1. The number of hydrogen-bond donors (Lipinski definition) is 1. The molecule has 0 aliphatic carbocycles. The zero-order valence-electron chi connectivity index (χ0n) is 16.3. The van der Waals surface area contributed by atoms with E-state index in [4.69, 9.17) is 0 Å². The highest BCUT2D eigenvalue weighted by Gasteiger charge is 2.23. The predicted molar refractivity (Wildman–Crippen MR) is 114 cm³/mol. The number of aromatic nitrogens is 1. The minimum atomic E-state index is -3.63. The van der Waals surface area contributed by atoms with Crippen LogP contribution in [0.25, 0.3) is 10.2 Å². The van der Waals surface area contributed by atoms with E-state index in [-0.39, 0.29) is 10.8 Å². The Morgan fingerprint density at radius 3 is 2.50 bits per heavy atom. The van der Waals surface area contributed by atoms with Gasteiger partial charge in [0.2, 0.25) is 10.0 Å². The lowest BCUT2D eigenvalue weighted by Gasteiger charge is -2.19. The Labute approximate surface area is 169 Å². The molecule has 2 aromatic carbocycles. The van der Waals surface area contributed by atoms with Crippen LogP contribution in [0.2, 0.25) is 0 Å². The summed E-state index contributed by atoms with van der Waals surface area (Å²) in [7, 11) is -3.63. The van der Waals surface area contributed by atoms with Crippen molar-refractivity contribution in [1.82, 2.24) is 9.29 Å². The maximum atomic E-state index is 12.8. The number of anilines is 1. The van der Waals surface area contributed by atoms with Gasteiger partial charge in [-0.05, 0) is 49.2 Å². The summed E-state index contributed by atoms with van der Waals surface area (Å²) in [6, 6.07) is 10.5. The number of hydrogen-bond acceptors (Lipinski definition) is 5. The molecule has 0 saturated heterocycles. The Hall–Kier alpha value is -2.29. The van der Waals surface area contributed by atoms with Crippen LogP contribution in [0.4, 0.5) is 5.13 Å². The molecule has 6 nitrogen and oxygen atoms in total. The SMILES string of the molecule is CCN(CC)S(=O)(=O)c1ccc(C)c(C(=O)Nc2nc3ccc(C)cc3s2)c1. The molecule has 1 aromatic heterocycles. The molecule has 0 aliphatic rings. The van der Waals surface area contributed by atoms with Crippen LogP contribution < -0.4 is 5.32 Å². The van der Waals surface area contributed by atoms with Gasteiger partial charge in [-0.25, -0.2) is 13.4 Å². The number of fused-ring (bicyclic) bond motifs is 1. The molecule has 0 aliphatic heterocycles. The summed E-state index contributed by atoms with van der Waals surface area (Å²) in [6.45, 7) is 8.11. The van der Waals surface area contributed by atoms with Crippen LogP contribution in [0.1, 0.15) is 35.3 Å². The molecule has 0 saturated carbocycles. The van der Waals surface area contributed by atoms with Crippen molar-refractivity contribution in [2.24, 2.45) is 0 Å². The monoisotopic (exact) mass is 417 g/mol. The number of aryl methyl sites for hydroxylation is 2. The summed E-state index contributed by atoms with van der Waals surface area (Å²) in [5, 5.41) is 3.29. The van der Waals surface area contributed by atoms with Crippen molar-refractivity contribution in [3.8, 4) is 0 Å². The van der Waals surface area contributed by atoms with E-state index in [1.54, 1.807) is 32.9 Å². The first-order valence-corrected chi connectivity index (χ1v) is 11.3. The molecular formula is C20H23N3O3S2. The molecule has 148 valence electrons. The second kappa shape index (κ2) is 7.98. The summed E-state index contributed by atoms with van der Waals surface area (Å²) in [4.78, 5) is 17.4. The van der Waals surface area contributed by atoms with Crippen LogP contribution in [0.3, 0.4) is 0 Å². The van der Waals surface area contributed by atoms with Crippen molar-refractivity contribution < 1.29 is 13.2 Å². The molecule has 0 unspecified atom stereocenters. The van der Waals surface area contributed by atoms with E-state index in [9.17, 15) is 13.2 Å². The third-order valence-corrected chi connectivity index (χ3v) is 7.54. The standard InChI is InChI=1S/C20H23N3O3S2/c1-5-23(6-2)28(25,26)15-9-8-14(4)16(12-15)19(24)22-20-21-17-10-7-13(3)11-18(17)27-20/h7-12H,5-6H2,1-4H3,(H,21,22,24). The van der Waals surface area contributed by atoms with Crippen molar-refractivity contribution in [1.29, 1.82) is 0 Å². The van der Waals surface area contributed by atoms with Gasteiger partial charge in [-0.2, -0.15) is 4.31 Å². The summed E-state index contributed by atoms with van der Waals surface area (Å²) < 4.78 is 27.9. The Morgan fingerprint density at radius 2 is 1.82 bits per heavy atom. The number of benzene rings is 2. The minimum absolute atomic E-state index is 0.117. The molecule has 1 N–H and O–H groups in total. The zero-order valence-corrected chi connectivity index (χ0v) is 17.9. The number of nitrogens with one attached hydrogen (secondary N) is 1. The Kier molecular flexibility index (Phi) is 5.83. The zero-order chi connectivity index (χ0) is 20.5. The van der Waals surface area contributed by atoms with E-state index in [0.29, 0.717) is 29.3 Å². The van der Waals surface area contributed by atoms with Gasteiger partial charge in [0.1, 0.15) is 0 Å². The van der Waals surface area contributed by atoms with Crippen LogP contribution in [0.5, 0.6) is 0 Å². The van der Waals surface area contributed by atoms with Gasteiger partial charge in [0.15, 0.2) is 5.13 Å². The van der Waals surface area contributed by atoms with Crippen molar-refractivity contribution in [3.05, 3.63) is 53.1 Å². The summed E-state index contributed by atoms with van der Waals surface area (Å²) in [5.74, 6) is -0.370. The van der Waals surface area contributed by atoms with E-state index in [1.165, 1.54) is 21.7 Å². The maximum absolute atomic E-state index is 12.8. The highest BCUT2D eigenvalue weighted by atomic mass is 32.2. The van der Waals surface area contributed by atoms with Gasteiger partial charge in [-0.3, -0.25) is 10.1 Å². The lowest BCUT2D eigenvalue weighted by Crippen LogP contribution is -2.30. The lowest BCUT2D eigenvalue weighted by atomic mass is 10.1. The first kappa shape index (κ1) is 20.4. The Balaban J connectivity index is 1.92. The first-order valence-electron chi connectivity index (χ1n) is 9.05. The number of rotatable bonds is 6. The molecule has 1 heterocycles. The number of carbonyl (C=O) groups is 1. The molecule has 0 fully saturated rings. The fraction of sp³-hybridized carbons (Fsp3) is 0.300. The second-order valence-electron chi connectivity index (χ2n) is 6.51. The van der Waals surface area contributed by atoms with Crippen molar-refractivity contribution in [2.75, 3.05) is 18.4 Å². The summed E-state index contributed by atoms with van der Waals surface area (Å²) in [5.41, 5.74) is 2.97. The Morgan fingerprint density at radius 1 is 1.11 bits per heavy atom. The van der Waals surface area contributed by atoms with E-state index in [2.05, 4.69) is 10.3 Å². The van der Waals surface area contributed by atoms with E-state index in [1.807, 2.05) is 25.1 Å². The maximum Gasteiger partial charge on any atom is 0.257 e. The highest BCUT2D eigenvalue weighted by Crippen LogP contribution is 2.27. The fourth-order valence-electron chi connectivity index (χ4n) is 2.97. The topological polar surface area (TPSA) is 79.4 Å². The van der Waals surface area contributed by atoms with Crippen LogP contribution in [-0.2, 0) is 10.0 Å². The van der Waals surface area contributed by atoms with E-state index in [0.717, 1.165) is 15.8 Å². The lowest BCUT2D eigenvalue weighted by molar-refractivity contribution is 0.102. The molecule has 0 bridgehead atoms. The second-order valence-corrected chi connectivity index (χ2v) is 9.48. The van der Waals surface area contributed by atoms with E-state index >= 15 is 0 Å². The molecule has 3 aromatic rings. The Bertz CT molecular complexity index is 1130. The van der Waals surface area contributed by atoms with Crippen LogP contribution in [-0.4, -0.2) is 36.7 Å². The quantitative estimate of drug-likeness (QED) is 0.652. The normalized spacial score (nSPS) is 11.9. The predicted octanol–water partition coefficient (Wildman–Crippen LogP) is 4.20. The van der Waals surface area contributed by atoms with Gasteiger partial charge < -0.3 is 0 Å². The van der Waals surface area contributed by atoms with Gasteiger partial charge >= 0.3 is 0 Å². The molecule has 28 heavy (non-hydrogen) atoms. The molecular weight excluding hydrogens is 394 g/mol. The van der Waals surface area contributed by atoms with Crippen molar-refractivity contribution >= 4 is 42.6 Å². The van der Waals surface area contributed by atoms with Gasteiger partial charge in [0.25, 0.3) is 5.91 Å². The first-order chi connectivity index (χ1) is 13.3. The summed E-state index contributed by atoms with van der Waals surface area (Å²) in [6.07, 6.45) is 0. The van der Waals surface area contributed by atoms with Gasteiger partial charge in [-0.15, -0.1) is 0 Å². The third kappa shape index (κ3) is 3.94. The molecule has 1 amide bonds. The number of carbonyl (C=O) groups excluding carboxylic acids is 1. The highest BCUT2D eigenvalue weighted by molar-refractivity contribution is 7.89. The fourth-order valence-corrected chi connectivity index (χ4v) is 5.41. The average molecular weight is 418 g/mol. The molecule has 0 radical (unpaired) electrons. The average Bonchev–Trinajstić information content (AvgIpc) is 3.03. The molecule has 3 rings (SSSR count). The third-order valence-electron chi connectivity index (χ3n) is 4.56. The smallest absolute Gasteiger partial charge is 0.257 e. The van der Waals surface area contributed by atoms with E-state index < -0.39 is 10.0 Å². The molecule has 0 spiro atoms. The number of nitrogens with zero attached hydrogens (tertiary/aromatic N) is 2. The van der Waals surface area contributed by atoms with Crippen LogP contribution in [0, 0.1) is 13.8 Å². The minimum Gasteiger partial charge on any atom is -0.298 e. The molecule has 8 heteroatoms. The van der Waals surface area contributed by atoms with Gasteiger partial charge in [-0.1, -0.05) is 37.3 Å². The van der Waals surface area contributed by atoms with Crippen LogP contribution >= 0.6 is 11.3 Å². The van der Waals surface area contributed by atoms with Crippen molar-refractivity contribution in [2.45, 2.75) is 32.6 Å². The van der Waals surface area contributed by atoms with Crippen LogP contribution in [0.15, 0.2) is 41.3 Å². The molecule has 0 atom stereocenters. The number of amides is 1.